The van der Waals surface area contributed by atoms with Crippen LogP contribution in [-0.4, -0.2) is 41.7 Å². The summed E-state index contributed by atoms with van der Waals surface area (Å²) in [5.74, 6) is -0.824. The van der Waals surface area contributed by atoms with Gasteiger partial charge >= 0.3 is 5.97 Å². The van der Waals surface area contributed by atoms with Gasteiger partial charge in [0.05, 0.1) is 0 Å². The number of carboxylic acid groups (broad SMARTS) is 1. The van der Waals surface area contributed by atoms with Crippen molar-refractivity contribution in [2.45, 2.75) is 32.4 Å². The van der Waals surface area contributed by atoms with Crippen LogP contribution < -0.4 is 5.32 Å². The average Bonchev–Trinajstić information content (AvgIpc) is 3.07. The molecule has 0 amide bonds. The summed E-state index contributed by atoms with van der Waals surface area (Å²) < 4.78 is 0. The Hall–Kier alpha value is -0.910. The van der Waals surface area contributed by atoms with Crippen molar-refractivity contribution in [1.82, 2.24) is 10.2 Å². The predicted molar refractivity (Wildman–Crippen MR) is 73.3 cm³/mol. The van der Waals surface area contributed by atoms with Crippen LogP contribution in [0.3, 0.4) is 0 Å². The van der Waals surface area contributed by atoms with Gasteiger partial charge in [-0.05, 0) is 36.4 Å². The average molecular weight is 268 g/mol. The molecule has 0 aromatic carbocycles. The molecule has 18 heavy (non-hydrogen) atoms. The number of hydrogen-bond donors (Lipinski definition) is 2. The molecule has 0 atom stereocenters. The number of thiophene rings is 1. The summed E-state index contributed by atoms with van der Waals surface area (Å²) in [6.45, 7) is 5.91. The second kappa shape index (κ2) is 6.31. The molecule has 1 saturated carbocycles. The first-order valence-electron chi connectivity index (χ1n) is 6.46. The molecular weight excluding hydrogens is 248 g/mol. The van der Waals surface area contributed by atoms with Crippen molar-refractivity contribution in [3.8, 4) is 0 Å². The normalized spacial score (nSPS) is 15.2. The lowest BCUT2D eigenvalue weighted by Gasteiger charge is -2.19. The minimum absolute atomic E-state index is 0.456. The third kappa shape index (κ3) is 3.54. The largest absolute Gasteiger partial charge is 0.477 e. The summed E-state index contributed by atoms with van der Waals surface area (Å²) in [5, 5.41) is 14.2. The van der Waals surface area contributed by atoms with E-state index in [0.717, 1.165) is 31.2 Å². The molecule has 1 heterocycles. The summed E-state index contributed by atoms with van der Waals surface area (Å²) >= 11 is 1.29. The summed E-state index contributed by atoms with van der Waals surface area (Å²) in [6, 6.07) is 2.69. The second-order valence-corrected chi connectivity index (χ2v) is 5.53. The lowest BCUT2D eigenvalue weighted by Crippen LogP contribution is -2.33. The highest BCUT2D eigenvalue weighted by Crippen LogP contribution is 2.25. The van der Waals surface area contributed by atoms with Crippen LogP contribution >= 0.6 is 11.3 Å². The molecule has 0 bridgehead atoms. The van der Waals surface area contributed by atoms with Gasteiger partial charge in [-0.15, -0.1) is 11.3 Å². The molecule has 1 fully saturated rings. The Bertz CT molecular complexity index is 401. The van der Waals surface area contributed by atoms with Gasteiger partial charge in [0.1, 0.15) is 4.88 Å². The molecule has 5 heteroatoms. The fourth-order valence-corrected chi connectivity index (χ4v) is 2.91. The van der Waals surface area contributed by atoms with Gasteiger partial charge in [0.25, 0.3) is 0 Å². The van der Waals surface area contributed by atoms with Crippen molar-refractivity contribution in [3.05, 3.63) is 21.9 Å². The number of carboxylic acids is 1. The molecular formula is C13H20N2O2S. The van der Waals surface area contributed by atoms with Crippen LogP contribution in [0.2, 0.25) is 0 Å². The van der Waals surface area contributed by atoms with Crippen molar-refractivity contribution < 1.29 is 9.90 Å². The molecule has 2 N–H and O–H groups in total. The van der Waals surface area contributed by atoms with Crippen LogP contribution in [-0.2, 0) is 6.54 Å². The van der Waals surface area contributed by atoms with Crippen LogP contribution in [0.5, 0.6) is 0 Å². The summed E-state index contributed by atoms with van der Waals surface area (Å²) in [4.78, 5) is 13.9. The van der Waals surface area contributed by atoms with E-state index in [4.69, 9.17) is 5.11 Å². The quantitative estimate of drug-likeness (QED) is 0.708. The lowest BCUT2D eigenvalue weighted by atomic mass is 10.2. The number of hydrogen-bond acceptors (Lipinski definition) is 4. The van der Waals surface area contributed by atoms with Crippen LogP contribution in [0.15, 0.2) is 11.4 Å². The third-order valence-electron chi connectivity index (χ3n) is 3.30. The Kier molecular flexibility index (Phi) is 4.74. The van der Waals surface area contributed by atoms with E-state index in [2.05, 4.69) is 17.1 Å². The number of nitrogens with zero attached hydrogens (tertiary/aromatic N) is 1. The number of aromatic carboxylic acids is 1. The molecule has 0 unspecified atom stereocenters. The lowest BCUT2D eigenvalue weighted by molar-refractivity contribution is 0.0701. The smallest absolute Gasteiger partial charge is 0.346 e. The van der Waals surface area contributed by atoms with Gasteiger partial charge in [0.2, 0.25) is 0 Å². The number of carbonyl (C=O) groups is 1. The summed E-state index contributed by atoms with van der Waals surface area (Å²) in [7, 11) is 0. The molecule has 1 aromatic rings. The zero-order chi connectivity index (χ0) is 13.0. The van der Waals surface area contributed by atoms with E-state index in [1.54, 1.807) is 0 Å². The maximum absolute atomic E-state index is 10.9. The first kappa shape index (κ1) is 13.5. The predicted octanol–water partition coefficient (Wildman–Crippen LogP) is 2.02. The maximum atomic E-state index is 10.9. The molecule has 1 aromatic heterocycles. The first-order valence-corrected chi connectivity index (χ1v) is 7.34. The van der Waals surface area contributed by atoms with E-state index in [1.165, 1.54) is 24.2 Å². The fourth-order valence-electron chi connectivity index (χ4n) is 2.15. The van der Waals surface area contributed by atoms with Crippen molar-refractivity contribution >= 4 is 17.3 Å². The number of likely N-dealkylation sites (N-methyl/N-ethyl adjacent to an activating group) is 1. The fraction of sp³-hybridized carbons (Fsp3) is 0.615. The molecule has 0 saturated heterocycles. The Labute approximate surface area is 112 Å². The molecule has 0 aliphatic heterocycles. The second-order valence-electron chi connectivity index (χ2n) is 4.62. The number of nitrogens with one attached hydrogen (secondary N) is 1. The van der Waals surface area contributed by atoms with Crippen LogP contribution in [0.25, 0.3) is 0 Å². The molecule has 100 valence electrons. The van der Waals surface area contributed by atoms with Crippen LogP contribution in [0.4, 0.5) is 0 Å². The van der Waals surface area contributed by atoms with E-state index in [9.17, 15) is 4.79 Å². The van der Waals surface area contributed by atoms with Crippen molar-refractivity contribution in [2.24, 2.45) is 0 Å². The Morgan fingerprint density at radius 1 is 1.61 bits per heavy atom. The minimum atomic E-state index is -0.824. The first-order chi connectivity index (χ1) is 8.72. The summed E-state index contributed by atoms with van der Waals surface area (Å²) in [6.07, 6.45) is 2.67. The van der Waals surface area contributed by atoms with Gasteiger partial charge in [-0.2, -0.15) is 0 Å². The molecule has 1 aliphatic carbocycles. The highest BCUT2D eigenvalue weighted by atomic mass is 32.1. The van der Waals surface area contributed by atoms with Gasteiger partial charge in [-0.25, -0.2) is 4.79 Å². The topological polar surface area (TPSA) is 52.6 Å². The van der Waals surface area contributed by atoms with Crippen molar-refractivity contribution in [1.29, 1.82) is 0 Å². The van der Waals surface area contributed by atoms with Gasteiger partial charge in [0, 0.05) is 25.7 Å². The maximum Gasteiger partial charge on any atom is 0.346 e. The van der Waals surface area contributed by atoms with E-state index >= 15 is 0 Å². The minimum Gasteiger partial charge on any atom is -0.477 e. The molecule has 1 aliphatic rings. The highest BCUT2D eigenvalue weighted by Gasteiger charge is 2.27. The summed E-state index contributed by atoms with van der Waals surface area (Å²) in [5.41, 5.74) is 0.891. The Morgan fingerprint density at radius 2 is 2.39 bits per heavy atom. The monoisotopic (exact) mass is 268 g/mol. The van der Waals surface area contributed by atoms with Crippen LogP contribution in [0.1, 0.15) is 35.0 Å². The number of rotatable bonds is 8. The van der Waals surface area contributed by atoms with E-state index in [0.29, 0.717) is 11.4 Å². The van der Waals surface area contributed by atoms with E-state index in [-0.39, 0.29) is 0 Å². The molecule has 0 radical (unpaired) electrons. The van der Waals surface area contributed by atoms with Gasteiger partial charge in [0.15, 0.2) is 0 Å². The van der Waals surface area contributed by atoms with E-state index < -0.39 is 5.97 Å². The van der Waals surface area contributed by atoms with Gasteiger partial charge in [-0.1, -0.05) is 6.92 Å². The van der Waals surface area contributed by atoms with Gasteiger partial charge < -0.3 is 10.4 Å². The van der Waals surface area contributed by atoms with Crippen molar-refractivity contribution in [3.63, 3.8) is 0 Å². The zero-order valence-electron chi connectivity index (χ0n) is 10.7. The standard InChI is InChI=1S/C13H20N2O2S/c1-2-15(11-3-4-11)7-6-14-9-10-5-8-18-12(10)13(16)17/h5,8,11,14H,2-4,6-7,9H2,1H3,(H,16,17). The zero-order valence-corrected chi connectivity index (χ0v) is 11.5. The molecule has 2 rings (SSSR count). The van der Waals surface area contributed by atoms with Crippen molar-refractivity contribution in [2.75, 3.05) is 19.6 Å². The third-order valence-corrected chi connectivity index (χ3v) is 4.25. The van der Waals surface area contributed by atoms with Gasteiger partial charge in [-0.3, -0.25) is 4.90 Å². The highest BCUT2D eigenvalue weighted by molar-refractivity contribution is 7.12. The SMILES string of the molecule is CCN(CCNCc1ccsc1C(=O)O)C1CC1. The Balaban J connectivity index is 1.71. The van der Waals surface area contributed by atoms with Crippen LogP contribution in [0, 0.1) is 0 Å². The van der Waals surface area contributed by atoms with E-state index in [1.807, 2.05) is 11.4 Å². The molecule has 0 spiro atoms. The Morgan fingerprint density at radius 3 is 3.00 bits per heavy atom. The molecule has 4 nitrogen and oxygen atoms in total.